The molecule has 6 atom stereocenters. The molecule has 2 aromatic rings. The monoisotopic (exact) mass is 623 g/mol. The van der Waals surface area contributed by atoms with Gasteiger partial charge in [0.15, 0.2) is 17.9 Å². The lowest BCUT2D eigenvalue weighted by Crippen LogP contribution is -2.48. The molecule has 1 saturated carbocycles. The van der Waals surface area contributed by atoms with Gasteiger partial charge in [-0.1, -0.05) is 19.9 Å². The van der Waals surface area contributed by atoms with Gasteiger partial charge in [-0.15, -0.1) is 0 Å². The summed E-state index contributed by atoms with van der Waals surface area (Å²) in [6, 6.07) is 7.15. The molecule has 10 nitrogen and oxygen atoms in total. The average Bonchev–Trinajstić information content (AvgIpc) is 3.25. The van der Waals surface area contributed by atoms with Crippen molar-refractivity contribution < 1.29 is 40.9 Å². The van der Waals surface area contributed by atoms with E-state index in [1.54, 1.807) is 0 Å². The zero-order chi connectivity index (χ0) is 30.9. The molecule has 2 saturated heterocycles. The lowest BCUT2D eigenvalue weighted by molar-refractivity contribution is -0.153. The first-order valence-corrected chi connectivity index (χ1v) is 16.0. The van der Waals surface area contributed by atoms with Crippen LogP contribution in [0.4, 0.5) is 19.3 Å². The topological polar surface area (TPSA) is 129 Å². The van der Waals surface area contributed by atoms with Crippen molar-refractivity contribution in [2.24, 2.45) is 17.8 Å². The van der Waals surface area contributed by atoms with E-state index >= 15 is 0 Å². The summed E-state index contributed by atoms with van der Waals surface area (Å²) in [7, 11) is -2.57. The van der Waals surface area contributed by atoms with Gasteiger partial charge in [0.2, 0.25) is 10.0 Å². The standard InChI is InChI=1S/C30H39F2N3O7S/c1-17(2)15-35(43(37,38)22-5-7-25(33)26(14-22)39-3)9-8-21(10-18-4-6-23(31)24(32)11-18)34-30(36)42-28-20-12-19-13-27(28)41-29(19)40-16-20/h4-7,11,14,17,19-21,27-29H,8-10,12-13,15-16,33H2,1-3H3,(H,34,36)/t19?,20?,21-,27?,28+,29?/m1/s1. The highest BCUT2D eigenvalue weighted by Crippen LogP contribution is 2.46. The van der Waals surface area contributed by atoms with Crippen molar-refractivity contribution in [2.45, 2.75) is 69.0 Å². The number of methoxy groups -OCH3 is 1. The van der Waals surface area contributed by atoms with E-state index in [4.69, 9.17) is 24.7 Å². The highest BCUT2D eigenvalue weighted by Gasteiger charge is 2.53. The molecular weight excluding hydrogens is 584 g/mol. The Bertz CT molecular complexity index is 1420. The number of amides is 1. The third-order valence-corrected chi connectivity index (χ3v) is 10.2. The summed E-state index contributed by atoms with van der Waals surface area (Å²) >= 11 is 0. The number of nitrogens with two attached hydrogens (primary N) is 1. The molecule has 1 amide bonds. The fourth-order valence-electron chi connectivity index (χ4n) is 6.24. The molecule has 0 spiro atoms. The van der Waals surface area contributed by atoms with Crippen molar-refractivity contribution in [2.75, 3.05) is 32.5 Å². The van der Waals surface area contributed by atoms with Gasteiger partial charge < -0.3 is 30.0 Å². The number of hydrogen-bond acceptors (Lipinski definition) is 8. The largest absolute Gasteiger partial charge is 0.495 e. The van der Waals surface area contributed by atoms with Gasteiger partial charge in [0.05, 0.1) is 30.4 Å². The number of ether oxygens (including phenoxy) is 4. The second-order valence-corrected chi connectivity index (χ2v) is 13.9. The molecule has 236 valence electrons. The summed E-state index contributed by atoms with van der Waals surface area (Å²) < 4.78 is 79.3. The summed E-state index contributed by atoms with van der Waals surface area (Å²) in [5.74, 6) is -1.42. The normalized spacial score (nSPS) is 25.2. The smallest absolute Gasteiger partial charge is 0.407 e. The maximum Gasteiger partial charge on any atom is 0.407 e. The van der Waals surface area contributed by atoms with E-state index in [0.717, 1.165) is 25.0 Å². The van der Waals surface area contributed by atoms with Crippen LogP contribution in [0.25, 0.3) is 0 Å². The van der Waals surface area contributed by atoms with E-state index in [9.17, 15) is 22.0 Å². The minimum atomic E-state index is -3.98. The molecule has 4 unspecified atom stereocenters. The molecule has 2 heterocycles. The SMILES string of the molecule is COc1cc(S(=O)(=O)N(CC[C@H](Cc2ccc(F)c(F)c2)NC(=O)O[C@H]2C3COC4OC2CC4C3)CC(C)C)ccc1N. The van der Waals surface area contributed by atoms with Crippen LogP contribution in [0.15, 0.2) is 41.3 Å². The van der Waals surface area contributed by atoms with Crippen molar-refractivity contribution in [3.05, 3.63) is 53.6 Å². The number of carbonyl (C=O) groups excluding carboxylic acids is 1. The molecular formula is C30H39F2N3O7S. The van der Waals surface area contributed by atoms with E-state index in [-0.39, 0.29) is 60.8 Å². The third kappa shape index (κ3) is 7.05. The van der Waals surface area contributed by atoms with E-state index in [1.807, 2.05) is 13.8 Å². The van der Waals surface area contributed by atoms with Crippen molar-refractivity contribution in [3.8, 4) is 5.75 Å². The fraction of sp³-hybridized carbons (Fsp3) is 0.567. The van der Waals surface area contributed by atoms with E-state index in [2.05, 4.69) is 5.32 Å². The minimum absolute atomic E-state index is 0.00739. The summed E-state index contributed by atoms with van der Waals surface area (Å²) in [4.78, 5) is 13.2. The van der Waals surface area contributed by atoms with Gasteiger partial charge in [0.25, 0.3) is 0 Å². The van der Waals surface area contributed by atoms with Crippen LogP contribution < -0.4 is 15.8 Å². The van der Waals surface area contributed by atoms with Gasteiger partial charge in [-0.3, -0.25) is 0 Å². The number of nitrogen functional groups attached to an aromatic ring is 1. The Morgan fingerprint density at radius 2 is 1.93 bits per heavy atom. The fourth-order valence-corrected chi connectivity index (χ4v) is 7.88. The van der Waals surface area contributed by atoms with Gasteiger partial charge in [0.1, 0.15) is 11.9 Å². The molecule has 0 aromatic heterocycles. The molecule has 3 fully saturated rings. The van der Waals surface area contributed by atoms with Gasteiger partial charge in [-0.25, -0.2) is 22.0 Å². The first-order chi connectivity index (χ1) is 20.4. The van der Waals surface area contributed by atoms with Gasteiger partial charge in [0, 0.05) is 37.0 Å². The Kier molecular flexibility index (Phi) is 9.45. The average molecular weight is 624 g/mol. The van der Waals surface area contributed by atoms with E-state index < -0.39 is 39.9 Å². The Morgan fingerprint density at radius 3 is 2.65 bits per heavy atom. The maximum atomic E-state index is 14.0. The number of rotatable bonds is 12. The lowest BCUT2D eigenvalue weighted by Gasteiger charge is -2.36. The number of nitrogens with zero attached hydrogens (tertiary/aromatic N) is 1. The molecule has 3 N–H and O–H groups in total. The molecule has 2 aromatic carbocycles. The number of alkyl carbamates (subject to hydrolysis) is 1. The van der Waals surface area contributed by atoms with Crippen molar-refractivity contribution >= 4 is 21.8 Å². The molecule has 1 aliphatic carbocycles. The second kappa shape index (κ2) is 12.9. The lowest BCUT2D eigenvalue weighted by atomic mass is 9.78. The number of benzene rings is 2. The van der Waals surface area contributed by atoms with Crippen LogP contribution in [0.3, 0.4) is 0 Å². The number of halogens is 2. The molecule has 3 aliphatic rings. The van der Waals surface area contributed by atoms with Crippen LogP contribution in [0, 0.1) is 29.4 Å². The van der Waals surface area contributed by atoms with Gasteiger partial charge in [-0.05, 0) is 61.4 Å². The Hall–Kier alpha value is -3.00. The number of nitrogens with one attached hydrogen (secondary N) is 1. The summed E-state index contributed by atoms with van der Waals surface area (Å²) in [5.41, 5.74) is 6.64. The third-order valence-electron chi connectivity index (χ3n) is 8.31. The summed E-state index contributed by atoms with van der Waals surface area (Å²) in [5, 5.41) is 2.86. The van der Waals surface area contributed by atoms with Crippen LogP contribution in [-0.4, -0.2) is 70.2 Å². The van der Waals surface area contributed by atoms with Crippen LogP contribution in [-0.2, 0) is 30.7 Å². The Labute approximate surface area is 250 Å². The number of anilines is 1. The van der Waals surface area contributed by atoms with Gasteiger partial charge in [-0.2, -0.15) is 4.31 Å². The van der Waals surface area contributed by atoms with Crippen molar-refractivity contribution in [3.63, 3.8) is 0 Å². The molecule has 43 heavy (non-hydrogen) atoms. The summed E-state index contributed by atoms with van der Waals surface area (Å²) in [6.45, 7) is 4.50. The first kappa shape index (κ1) is 31.4. The zero-order valence-corrected chi connectivity index (χ0v) is 25.3. The van der Waals surface area contributed by atoms with Crippen molar-refractivity contribution in [1.82, 2.24) is 9.62 Å². The number of hydrogen-bond donors (Lipinski definition) is 2. The molecule has 3 bridgehead atoms. The summed E-state index contributed by atoms with van der Waals surface area (Å²) in [6.07, 6.45) is 0.267. The van der Waals surface area contributed by atoms with E-state index in [1.165, 1.54) is 35.7 Å². The molecule has 2 aliphatic heterocycles. The molecule has 5 rings (SSSR count). The second-order valence-electron chi connectivity index (χ2n) is 12.0. The van der Waals surface area contributed by atoms with Crippen LogP contribution in [0.1, 0.15) is 38.7 Å². The quantitative estimate of drug-likeness (QED) is 0.339. The Morgan fingerprint density at radius 1 is 1.14 bits per heavy atom. The number of fused-ring (bicyclic) bond motifs is 2. The van der Waals surface area contributed by atoms with Gasteiger partial charge >= 0.3 is 6.09 Å². The van der Waals surface area contributed by atoms with Crippen LogP contribution >= 0.6 is 0 Å². The minimum Gasteiger partial charge on any atom is -0.495 e. The highest BCUT2D eigenvalue weighted by atomic mass is 32.2. The molecule has 0 radical (unpaired) electrons. The predicted molar refractivity (Wildman–Crippen MR) is 154 cm³/mol. The van der Waals surface area contributed by atoms with Crippen LogP contribution in [0.5, 0.6) is 5.75 Å². The Balaban J connectivity index is 1.33. The highest BCUT2D eigenvalue weighted by molar-refractivity contribution is 7.89. The van der Waals surface area contributed by atoms with Crippen molar-refractivity contribution in [1.29, 1.82) is 0 Å². The van der Waals surface area contributed by atoms with E-state index in [0.29, 0.717) is 23.8 Å². The predicted octanol–water partition coefficient (Wildman–Crippen LogP) is 4.08. The van der Waals surface area contributed by atoms with Crippen LogP contribution in [0.2, 0.25) is 0 Å². The number of sulfonamides is 1. The first-order valence-electron chi connectivity index (χ1n) is 14.6. The zero-order valence-electron chi connectivity index (χ0n) is 24.5. The maximum absolute atomic E-state index is 14.0. The molecule has 13 heteroatoms. The number of carbonyl (C=O) groups is 1.